The van der Waals surface area contributed by atoms with E-state index in [9.17, 15) is 0 Å². The number of aromatic nitrogens is 2. The van der Waals surface area contributed by atoms with Crippen LogP contribution in [0.3, 0.4) is 0 Å². The SMILES string of the molecule is Cc1c(NN)ncnc1NCC1CSCCS1. The minimum absolute atomic E-state index is 0.664. The first-order valence-corrected chi connectivity index (χ1v) is 7.73. The van der Waals surface area contributed by atoms with E-state index in [0.29, 0.717) is 11.1 Å². The molecule has 0 saturated carbocycles. The average Bonchev–Trinajstić information content (AvgIpc) is 2.39. The van der Waals surface area contributed by atoms with Crippen molar-refractivity contribution in [1.82, 2.24) is 9.97 Å². The molecule has 2 rings (SSSR count). The number of hydrazine groups is 1. The van der Waals surface area contributed by atoms with Crippen LogP contribution < -0.4 is 16.6 Å². The van der Waals surface area contributed by atoms with Crippen LogP contribution in [0.4, 0.5) is 11.6 Å². The topological polar surface area (TPSA) is 75.9 Å². The van der Waals surface area contributed by atoms with Gasteiger partial charge in [-0.25, -0.2) is 15.8 Å². The van der Waals surface area contributed by atoms with E-state index in [-0.39, 0.29) is 0 Å². The molecule has 17 heavy (non-hydrogen) atoms. The molecular formula is C10H17N5S2. The predicted octanol–water partition coefficient (Wildman–Crippen LogP) is 1.33. The van der Waals surface area contributed by atoms with E-state index in [1.54, 1.807) is 0 Å². The van der Waals surface area contributed by atoms with E-state index >= 15 is 0 Å². The molecule has 0 bridgehead atoms. The molecule has 1 aromatic heterocycles. The van der Waals surface area contributed by atoms with Crippen LogP contribution in [0.2, 0.25) is 0 Å². The van der Waals surface area contributed by atoms with Crippen molar-refractivity contribution < 1.29 is 0 Å². The highest BCUT2D eigenvalue weighted by atomic mass is 32.2. The molecule has 1 fully saturated rings. The van der Waals surface area contributed by atoms with Crippen LogP contribution in [0.1, 0.15) is 5.56 Å². The second-order valence-electron chi connectivity index (χ2n) is 3.79. The number of anilines is 2. The lowest BCUT2D eigenvalue weighted by molar-refractivity contribution is 0.979. The van der Waals surface area contributed by atoms with E-state index in [1.807, 2.05) is 30.4 Å². The van der Waals surface area contributed by atoms with Crippen molar-refractivity contribution in [2.45, 2.75) is 12.2 Å². The fraction of sp³-hybridized carbons (Fsp3) is 0.600. The highest BCUT2D eigenvalue weighted by molar-refractivity contribution is 8.06. The summed E-state index contributed by atoms with van der Waals surface area (Å²) in [4.78, 5) is 8.29. The Balaban J connectivity index is 1.93. The Morgan fingerprint density at radius 1 is 1.41 bits per heavy atom. The normalized spacial score (nSPS) is 20.0. The van der Waals surface area contributed by atoms with Crippen LogP contribution in [0, 0.1) is 6.92 Å². The van der Waals surface area contributed by atoms with Gasteiger partial charge in [0.1, 0.15) is 18.0 Å². The van der Waals surface area contributed by atoms with Gasteiger partial charge < -0.3 is 10.7 Å². The first-order chi connectivity index (χ1) is 8.31. The predicted molar refractivity (Wildman–Crippen MR) is 76.6 cm³/mol. The Morgan fingerprint density at radius 3 is 2.94 bits per heavy atom. The third-order valence-electron chi connectivity index (χ3n) is 2.60. The van der Waals surface area contributed by atoms with Gasteiger partial charge in [-0.3, -0.25) is 0 Å². The number of thioether (sulfide) groups is 2. The van der Waals surface area contributed by atoms with Gasteiger partial charge in [-0.15, -0.1) is 0 Å². The Hall–Kier alpha value is -0.660. The minimum Gasteiger partial charge on any atom is -0.369 e. The molecule has 1 unspecified atom stereocenters. The zero-order chi connectivity index (χ0) is 12.1. The lowest BCUT2D eigenvalue weighted by Crippen LogP contribution is -2.24. The fourth-order valence-corrected chi connectivity index (χ4v) is 4.25. The average molecular weight is 271 g/mol. The molecular weight excluding hydrogens is 254 g/mol. The van der Waals surface area contributed by atoms with Crippen LogP contribution in [-0.2, 0) is 0 Å². The summed E-state index contributed by atoms with van der Waals surface area (Å²) in [5.41, 5.74) is 3.53. The molecule has 1 aliphatic heterocycles. The number of nitrogens with one attached hydrogen (secondary N) is 2. The van der Waals surface area contributed by atoms with E-state index in [1.165, 1.54) is 23.6 Å². The molecule has 1 saturated heterocycles. The molecule has 1 aromatic rings. The number of hydrogen-bond acceptors (Lipinski definition) is 7. The summed E-state index contributed by atoms with van der Waals surface area (Å²) in [6.45, 7) is 2.90. The molecule has 0 spiro atoms. The van der Waals surface area contributed by atoms with Crippen LogP contribution in [0.15, 0.2) is 6.33 Å². The van der Waals surface area contributed by atoms with Gasteiger partial charge in [0.15, 0.2) is 0 Å². The Bertz CT molecular complexity index is 368. The zero-order valence-corrected chi connectivity index (χ0v) is 11.4. The first kappa shape index (κ1) is 12.8. The second-order valence-corrected chi connectivity index (χ2v) is 6.35. The Kier molecular flexibility index (Phi) is 4.75. The molecule has 0 aliphatic carbocycles. The molecule has 1 atom stereocenters. The molecule has 0 amide bonds. The summed E-state index contributed by atoms with van der Waals surface area (Å²) in [7, 11) is 0. The smallest absolute Gasteiger partial charge is 0.148 e. The lowest BCUT2D eigenvalue weighted by atomic mass is 10.3. The zero-order valence-electron chi connectivity index (χ0n) is 9.77. The maximum absolute atomic E-state index is 5.38. The monoisotopic (exact) mass is 271 g/mol. The van der Waals surface area contributed by atoms with Gasteiger partial charge in [-0.2, -0.15) is 23.5 Å². The van der Waals surface area contributed by atoms with E-state index in [4.69, 9.17) is 5.84 Å². The van der Waals surface area contributed by atoms with Crippen LogP contribution in [0.5, 0.6) is 0 Å². The number of rotatable bonds is 4. The van der Waals surface area contributed by atoms with Crippen molar-refractivity contribution in [1.29, 1.82) is 0 Å². The van der Waals surface area contributed by atoms with Gasteiger partial charge in [0.25, 0.3) is 0 Å². The summed E-state index contributed by atoms with van der Waals surface area (Å²) in [5, 5.41) is 4.04. The van der Waals surface area contributed by atoms with Crippen LogP contribution >= 0.6 is 23.5 Å². The van der Waals surface area contributed by atoms with Gasteiger partial charge in [-0.1, -0.05) is 0 Å². The quantitative estimate of drug-likeness (QED) is 0.563. The second kappa shape index (κ2) is 6.32. The molecule has 2 heterocycles. The number of nitrogens with two attached hydrogens (primary N) is 1. The van der Waals surface area contributed by atoms with Crippen molar-refractivity contribution in [3.8, 4) is 0 Å². The van der Waals surface area contributed by atoms with Crippen LogP contribution in [-0.4, -0.2) is 39.0 Å². The van der Waals surface area contributed by atoms with Crippen molar-refractivity contribution in [3.05, 3.63) is 11.9 Å². The highest BCUT2D eigenvalue weighted by Gasteiger charge is 2.15. The third-order valence-corrected chi connectivity index (χ3v) is 5.45. The number of hydrogen-bond donors (Lipinski definition) is 3. The van der Waals surface area contributed by atoms with Gasteiger partial charge in [0, 0.05) is 34.6 Å². The fourth-order valence-electron chi connectivity index (χ4n) is 1.64. The molecule has 0 aromatic carbocycles. The van der Waals surface area contributed by atoms with E-state index in [2.05, 4.69) is 20.7 Å². The maximum atomic E-state index is 5.38. The van der Waals surface area contributed by atoms with Gasteiger partial charge in [0.2, 0.25) is 0 Å². The largest absolute Gasteiger partial charge is 0.369 e. The molecule has 0 radical (unpaired) electrons. The lowest BCUT2D eigenvalue weighted by Gasteiger charge is -2.22. The number of nitrogens with zero attached hydrogens (tertiary/aromatic N) is 2. The van der Waals surface area contributed by atoms with Gasteiger partial charge in [0.05, 0.1) is 0 Å². The van der Waals surface area contributed by atoms with Gasteiger partial charge in [-0.05, 0) is 6.92 Å². The van der Waals surface area contributed by atoms with E-state index < -0.39 is 0 Å². The van der Waals surface area contributed by atoms with Crippen molar-refractivity contribution >= 4 is 35.2 Å². The molecule has 5 nitrogen and oxygen atoms in total. The third kappa shape index (κ3) is 3.40. The molecule has 4 N–H and O–H groups in total. The minimum atomic E-state index is 0.664. The molecule has 1 aliphatic rings. The summed E-state index contributed by atoms with van der Waals surface area (Å²) >= 11 is 4.06. The van der Waals surface area contributed by atoms with Crippen molar-refractivity contribution in [2.24, 2.45) is 5.84 Å². The summed E-state index contributed by atoms with van der Waals surface area (Å²) in [5.74, 6) is 10.7. The van der Waals surface area contributed by atoms with Gasteiger partial charge >= 0.3 is 0 Å². The number of nitrogen functional groups attached to an aromatic ring is 1. The Labute approximate surface area is 110 Å². The molecule has 7 heteroatoms. The highest BCUT2D eigenvalue weighted by Crippen LogP contribution is 2.25. The summed E-state index contributed by atoms with van der Waals surface area (Å²) in [6.07, 6.45) is 1.52. The Morgan fingerprint density at radius 2 is 2.24 bits per heavy atom. The summed E-state index contributed by atoms with van der Waals surface area (Å²) in [6, 6.07) is 0. The maximum Gasteiger partial charge on any atom is 0.148 e. The summed E-state index contributed by atoms with van der Waals surface area (Å²) < 4.78 is 0. The van der Waals surface area contributed by atoms with E-state index in [0.717, 1.165) is 17.9 Å². The van der Waals surface area contributed by atoms with Crippen LogP contribution in [0.25, 0.3) is 0 Å². The van der Waals surface area contributed by atoms with Crippen molar-refractivity contribution in [2.75, 3.05) is 34.5 Å². The first-order valence-electron chi connectivity index (χ1n) is 5.52. The molecule has 94 valence electrons. The van der Waals surface area contributed by atoms with Crippen molar-refractivity contribution in [3.63, 3.8) is 0 Å². The standard InChI is InChI=1S/C10H17N5S2/c1-7-9(13-6-14-10(7)15-11)12-4-8-5-16-2-3-17-8/h6,8H,2-5,11H2,1H3,(H2,12,13,14,15).